The van der Waals surface area contributed by atoms with Crippen molar-refractivity contribution < 1.29 is 23.9 Å². The van der Waals surface area contributed by atoms with Gasteiger partial charge in [0.25, 0.3) is 5.56 Å². The van der Waals surface area contributed by atoms with Gasteiger partial charge in [-0.05, 0) is 19.1 Å². The Hall–Kier alpha value is -2.88. The third-order valence-corrected chi connectivity index (χ3v) is 4.75. The number of carbonyl (C=O) groups is 3. The van der Waals surface area contributed by atoms with Crippen LogP contribution in [0.3, 0.4) is 0 Å². The van der Waals surface area contributed by atoms with Crippen molar-refractivity contribution >= 4 is 40.6 Å². The van der Waals surface area contributed by atoms with Crippen LogP contribution in [-0.4, -0.2) is 47.0 Å². The van der Waals surface area contributed by atoms with Gasteiger partial charge in [0.1, 0.15) is 0 Å². The lowest BCUT2D eigenvalue weighted by molar-refractivity contribution is -0.140. The fourth-order valence-electron chi connectivity index (χ4n) is 2.20. The Labute approximate surface area is 159 Å². The molecular weight excluding hydrogens is 374 g/mol. The van der Waals surface area contributed by atoms with E-state index in [-0.39, 0.29) is 23.7 Å². The highest BCUT2D eigenvalue weighted by molar-refractivity contribution is 8.00. The van der Waals surface area contributed by atoms with E-state index in [2.05, 4.69) is 19.8 Å². The first kappa shape index (κ1) is 20.4. The lowest BCUT2D eigenvalue weighted by atomic mass is 10.2. The molecule has 2 rings (SSSR count). The molecule has 0 radical (unpaired) electrons. The molecule has 0 aliphatic rings. The fourth-order valence-corrected chi connectivity index (χ4v) is 3.14. The Balaban J connectivity index is 2.37. The highest BCUT2D eigenvalue weighted by atomic mass is 32.2. The highest BCUT2D eigenvalue weighted by Crippen LogP contribution is 2.23. The number of imide groups is 1. The minimum atomic E-state index is -0.873. The van der Waals surface area contributed by atoms with Gasteiger partial charge in [-0.25, -0.2) is 9.78 Å². The molecule has 0 spiro atoms. The summed E-state index contributed by atoms with van der Waals surface area (Å²) in [6.07, 6.45) is -0.894. The number of carbonyl (C=O) groups excluding carboxylic acids is 3. The summed E-state index contributed by atoms with van der Waals surface area (Å²) in [5.41, 5.74) is 0.146. The number of fused-ring (bicyclic) bond motifs is 1. The normalized spacial score (nSPS) is 11.7. The van der Waals surface area contributed by atoms with E-state index in [1.807, 2.05) is 0 Å². The summed E-state index contributed by atoms with van der Waals surface area (Å²) in [6.45, 7) is 1.62. The number of para-hydroxylation sites is 1. The first-order chi connectivity index (χ1) is 12.9. The molecule has 0 saturated heterocycles. The van der Waals surface area contributed by atoms with Crippen LogP contribution in [-0.2, 0) is 25.6 Å². The summed E-state index contributed by atoms with van der Waals surface area (Å²) in [7, 11) is 2.41. The molecule has 2 aromatic rings. The second kappa shape index (κ2) is 9.17. The van der Waals surface area contributed by atoms with Crippen LogP contribution in [0, 0.1) is 0 Å². The van der Waals surface area contributed by atoms with Crippen molar-refractivity contribution in [1.82, 2.24) is 14.9 Å². The maximum atomic E-state index is 12.8. The van der Waals surface area contributed by atoms with E-state index >= 15 is 0 Å². The van der Waals surface area contributed by atoms with Gasteiger partial charge in [0.15, 0.2) is 5.16 Å². The van der Waals surface area contributed by atoms with Gasteiger partial charge in [-0.15, -0.1) is 0 Å². The zero-order valence-electron chi connectivity index (χ0n) is 15.1. The molecular formula is C17H19N3O6S. The number of thioether (sulfide) groups is 1. The average molecular weight is 393 g/mol. The Morgan fingerprint density at radius 3 is 2.59 bits per heavy atom. The van der Waals surface area contributed by atoms with Crippen LogP contribution in [0.1, 0.15) is 13.3 Å². The Bertz CT molecular complexity index is 927. The average Bonchev–Trinajstić information content (AvgIpc) is 2.67. The number of rotatable bonds is 6. The van der Waals surface area contributed by atoms with Gasteiger partial charge in [0.05, 0.1) is 36.8 Å². The maximum Gasteiger partial charge on any atom is 0.413 e. The van der Waals surface area contributed by atoms with Gasteiger partial charge in [-0.1, -0.05) is 23.9 Å². The summed E-state index contributed by atoms with van der Waals surface area (Å²) < 4.78 is 10.3. The van der Waals surface area contributed by atoms with Crippen LogP contribution in [0.4, 0.5) is 4.79 Å². The number of benzene rings is 1. The summed E-state index contributed by atoms with van der Waals surface area (Å²) >= 11 is 0.999. The molecule has 0 aliphatic heterocycles. The van der Waals surface area contributed by atoms with E-state index in [0.29, 0.717) is 10.9 Å². The zero-order chi connectivity index (χ0) is 20.0. The van der Waals surface area contributed by atoms with Gasteiger partial charge in [0, 0.05) is 6.54 Å². The maximum absolute atomic E-state index is 12.8. The molecule has 1 N–H and O–H groups in total. The standard InChI is InChI=1S/C17H19N3O6S/c1-10(14(22)19-17(24)26-3)27-16-18-12-7-5-4-6-11(12)15(23)20(16)9-8-13(21)25-2/h4-7,10H,8-9H2,1-3H3,(H,19,22,24)/t10-/m1/s1. The summed E-state index contributed by atoms with van der Waals surface area (Å²) in [5, 5.41) is 2.00. The fraction of sp³-hybridized carbons (Fsp3) is 0.353. The van der Waals surface area contributed by atoms with E-state index in [0.717, 1.165) is 18.9 Å². The molecule has 1 atom stereocenters. The number of amides is 2. The third kappa shape index (κ3) is 5.07. The molecule has 0 saturated carbocycles. The molecule has 2 amide bonds. The van der Waals surface area contributed by atoms with Crippen LogP contribution in [0.5, 0.6) is 0 Å². The predicted octanol–water partition coefficient (Wildman–Crippen LogP) is 1.32. The number of nitrogens with one attached hydrogen (secondary N) is 1. The number of alkyl carbamates (subject to hydrolysis) is 1. The van der Waals surface area contributed by atoms with Crippen LogP contribution < -0.4 is 10.9 Å². The molecule has 0 unspecified atom stereocenters. The number of hydrogen-bond acceptors (Lipinski definition) is 8. The quantitative estimate of drug-likeness (QED) is 0.444. The Kier molecular flexibility index (Phi) is 6.94. The number of ether oxygens (including phenoxy) is 2. The molecule has 27 heavy (non-hydrogen) atoms. The number of hydrogen-bond donors (Lipinski definition) is 1. The van der Waals surface area contributed by atoms with E-state index in [1.54, 1.807) is 31.2 Å². The minimum Gasteiger partial charge on any atom is -0.469 e. The number of aromatic nitrogens is 2. The Morgan fingerprint density at radius 1 is 1.22 bits per heavy atom. The second-order valence-corrected chi connectivity index (χ2v) is 6.74. The van der Waals surface area contributed by atoms with E-state index in [4.69, 9.17) is 0 Å². The largest absolute Gasteiger partial charge is 0.469 e. The third-order valence-electron chi connectivity index (χ3n) is 3.66. The van der Waals surface area contributed by atoms with Crippen molar-refractivity contribution in [2.24, 2.45) is 0 Å². The van der Waals surface area contributed by atoms with Crippen LogP contribution in [0.25, 0.3) is 10.9 Å². The number of nitrogens with zero attached hydrogens (tertiary/aromatic N) is 2. The number of esters is 1. The monoisotopic (exact) mass is 393 g/mol. The summed E-state index contributed by atoms with van der Waals surface area (Å²) in [4.78, 5) is 52.0. The molecule has 0 aliphatic carbocycles. The van der Waals surface area contributed by atoms with Crippen molar-refractivity contribution in [3.05, 3.63) is 34.6 Å². The molecule has 1 aromatic heterocycles. The second-order valence-electron chi connectivity index (χ2n) is 5.44. The first-order valence-corrected chi connectivity index (χ1v) is 8.87. The molecule has 1 heterocycles. The van der Waals surface area contributed by atoms with Gasteiger partial charge >= 0.3 is 12.1 Å². The summed E-state index contributed by atoms with van der Waals surface area (Å²) in [5.74, 6) is -1.06. The van der Waals surface area contributed by atoms with Gasteiger partial charge in [-0.2, -0.15) is 0 Å². The van der Waals surface area contributed by atoms with Crippen LogP contribution >= 0.6 is 11.8 Å². The molecule has 0 fully saturated rings. The lowest BCUT2D eigenvalue weighted by Crippen LogP contribution is -2.36. The topological polar surface area (TPSA) is 117 Å². The van der Waals surface area contributed by atoms with E-state index in [1.165, 1.54) is 11.7 Å². The van der Waals surface area contributed by atoms with Crippen molar-refractivity contribution in [3.8, 4) is 0 Å². The van der Waals surface area contributed by atoms with Crippen molar-refractivity contribution in [2.75, 3.05) is 14.2 Å². The molecule has 144 valence electrons. The summed E-state index contributed by atoms with van der Waals surface area (Å²) in [6, 6.07) is 6.79. The van der Waals surface area contributed by atoms with Crippen LogP contribution in [0.2, 0.25) is 0 Å². The van der Waals surface area contributed by atoms with Crippen molar-refractivity contribution in [1.29, 1.82) is 0 Å². The number of methoxy groups -OCH3 is 2. The molecule has 0 bridgehead atoms. The van der Waals surface area contributed by atoms with E-state index < -0.39 is 23.2 Å². The van der Waals surface area contributed by atoms with Gasteiger partial charge < -0.3 is 9.47 Å². The Morgan fingerprint density at radius 2 is 1.93 bits per heavy atom. The van der Waals surface area contributed by atoms with Crippen molar-refractivity contribution in [2.45, 2.75) is 30.3 Å². The van der Waals surface area contributed by atoms with Gasteiger partial charge in [-0.3, -0.25) is 24.3 Å². The highest BCUT2D eigenvalue weighted by Gasteiger charge is 2.21. The first-order valence-electron chi connectivity index (χ1n) is 7.99. The lowest BCUT2D eigenvalue weighted by Gasteiger charge is -2.15. The zero-order valence-corrected chi connectivity index (χ0v) is 15.9. The molecule has 9 nitrogen and oxygen atoms in total. The SMILES string of the molecule is COC(=O)CCn1c(S[C@H](C)C(=O)NC(=O)OC)nc2ccccc2c1=O. The smallest absolute Gasteiger partial charge is 0.413 e. The molecule has 10 heteroatoms. The van der Waals surface area contributed by atoms with Crippen molar-refractivity contribution in [3.63, 3.8) is 0 Å². The van der Waals surface area contributed by atoms with E-state index in [9.17, 15) is 19.2 Å². The van der Waals surface area contributed by atoms with Crippen LogP contribution in [0.15, 0.2) is 34.2 Å². The molecule has 1 aromatic carbocycles. The predicted molar refractivity (Wildman–Crippen MR) is 98.5 cm³/mol. The van der Waals surface area contributed by atoms with Gasteiger partial charge in [0.2, 0.25) is 5.91 Å². The minimum absolute atomic E-state index is 0.0211.